The highest BCUT2D eigenvalue weighted by atomic mass is 16.7. The topological polar surface area (TPSA) is 25.8 Å². The van der Waals surface area contributed by atoms with E-state index in [9.17, 15) is 0 Å². The van der Waals surface area contributed by atoms with E-state index in [1.54, 1.807) is 0 Å². The van der Waals surface area contributed by atoms with Crippen LogP contribution in [0.25, 0.3) is 0 Å². The van der Waals surface area contributed by atoms with E-state index in [1.807, 2.05) is 20.8 Å². The minimum atomic E-state index is -0.130. The Hall–Kier alpha value is -0.0151. The summed E-state index contributed by atoms with van der Waals surface area (Å²) in [6.45, 7) is 5.82. The lowest BCUT2D eigenvalue weighted by molar-refractivity contribution is -0.811. The van der Waals surface area contributed by atoms with Crippen molar-refractivity contribution in [1.29, 1.82) is 0 Å². The lowest BCUT2D eigenvalue weighted by Crippen LogP contribution is -2.83. The average molecular weight is 99.9 g/mol. The Morgan fingerprint density at radius 3 is 1.86 bits per heavy atom. The summed E-state index contributed by atoms with van der Waals surface area (Å²) in [5, 5.41) is 1.21. The van der Waals surface area contributed by atoms with Crippen LogP contribution in [-0.4, -0.2) is 13.6 Å². The van der Waals surface area contributed by atoms with Gasteiger partial charge in [-0.2, -0.15) is 7.98 Å². The van der Waals surface area contributed by atoms with E-state index >= 15 is 0 Å². The first-order valence-corrected chi connectivity index (χ1v) is 2.27. The summed E-state index contributed by atoms with van der Waals surface area (Å²) >= 11 is 0. The van der Waals surface area contributed by atoms with Crippen molar-refractivity contribution in [3.05, 3.63) is 0 Å². The smallest absolute Gasteiger partial charge is 0.113 e. The molecule has 0 aromatic heterocycles. The molecule has 0 spiro atoms. The van der Waals surface area contributed by atoms with Gasteiger partial charge in [-0.25, -0.2) is 0 Å². The minimum Gasteiger partial charge on any atom is -0.461 e. The van der Waals surface area contributed by atoms with E-state index in [1.165, 1.54) is 5.39 Å². The van der Waals surface area contributed by atoms with Crippen LogP contribution < -0.4 is 5.39 Å². The van der Waals surface area contributed by atoms with E-state index in [0.717, 1.165) is 0 Å². The third kappa shape index (κ3) is 5.98. The normalized spacial score (nSPS) is 12.0. The molecule has 0 aromatic carbocycles. The zero-order valence-corrected chi connectivity index (χ0v) is 5.06. The van der Waals surface area contributed by atoms with Crippen LogP contribution in [0.15, 0.2) is 0 Å². The van der Waals surface area contributed by atoms with Gasteiger partial charge in [0.25, 0.3) is 0 Å². The highest BCUT2D eigenvalue weighted by Gasteiger charge is 2.08. The maximum Gasteiger partial charge on any atom is 0.113 e. The Labute approximate surface area is 45.6 Å². The maximum atomic E-state index is 4.97. The standard InChI is InChI=1S/C4H11BNO/c1-4(2,3)7-6-5/h6H2,1-3H3. The summed E-state index contributed by atoms with van der Waals surface area (Å²) in [5.74, 6) is 0. The van der Waals surface area contributed by atoms with Crippen LogP contribution >= 0.6 is 0 Å². The first kappa shape index (κ1) is 6.98. The molecule has 0 bridgehead atoms. The van der Waals surface area contributed by atoms with Crippen LogP contribution in [0.2, 0.25) is 0 Å². The quantitative estimate of drug-likeness (QED) is 0.344. The number of quaternary nitrogens is 1. The fourth-order valence-electron chi connectivity index (χ4n) is 0.204. The molecular weight excluding hydrogens is 88.9 g/mol. The van der Waals surface area contributed by atoms with Crippen molar-refractivity contribution >= 4 is 7.98 Å². The van der Waals surface area contributed by atoms with Crippen LogP contribution in [0.4, 0.5) is 0 Å². The lowest BCUT2D eigenvalue weighted by Gasteiger charge is -2.18. The van der Waals surface area contributed by atoms with Crippen molar-refractivity contribution in [1.82, 2.24) is 0 Å². The molecule has 0 atom stereocenters. The Morgan fingerprint density at radius 2 is 1.86 bits per heavy atom. The Kier molecular flexibility index (Phi) is 2.33. The molecule has 2 N–H and O–H groups in total. The van der Waals surface area contributed by atoms with Crippen LogP contribution in [-0.2, 0) is 4.84 Å². The van der Waals surface area contributed by atoms with Gasteiger partial charge in [0.1, 0.15) is 5.60 Å². The molecule has 0 fully saturated rings. The molecule has 0 aliphatic heterocycles. The number of nitrogens with two attached hydrogens (primary N) is 1. The molecule has 0 amide bonds. The molecule has 0 aliphatic carbocycles. The lowest BCUT2D eigenvalue weighted by atomic mass is 10.2. The van der Waals surface area contributed by atoms with Crippen molar-refractivity contribution in [3.63, 3.8) is 0 Å². The predicted octanol–water partition coefficient (Wildman–Crippen LogP) is -0.637. The summed E-state index contributed by atoms with van der Waals surface area (Å²) < 4.78 is 0. The summed E-state index contributed by atoms with van der Waals surface area (Å²) in [5.41, 5.74) is -0.130. The predicted molar refractivity (Wildman–Crippen MR) is 28.5 cm³/mol. The molecule has 2 nitrogen and oxygen atoms in total. The van der Waals surface area contributed by atoms with Crippen molar-refractivity contribution in [2.24, 2.45) is 0 Å². The molecule has 7 heavy (non-hydrogen) atoms. The maximum absolute atomic E-state index is 4.97. The van der Waals surface area contributed by atoms with Gasteiger partial charge in [-0.3, -0.25) is 4.84 Å². The van der Waals surface area contributed by atoms with Gasteiger partial charge in [-0.05, 0) is 20.8 Å². The SMILES string of the molecule is [B-][NH2+]OC(C)(C)C. The van der Waals surface area contributed by atoms with Crippen LogP contribution in [0, 0.1) is 0 Å². The molecule has 0 aliphatic rings. The highest BCUT2D eigenvalue weighted by Crippen LogP contribution is 1.99. The second-order valence-corrected chi connectivity index (χ2v) is 2.37. The van der Waals surface area contributed by atoms with Crippen LogP contribution in [0.1, 0.15) is 20.8 Å². The molecule has 0 aromatic rings. The van der Waals surface area contributed by atoms with E-state index in [4.69, 9.17) is 12.8 Å². The Bertz CT molecular complexity index is 50.1. The first-order chi connectivity index (χ1) is 3.06. The molecule has 41 valence electrons. The van der Waals surface area contributed by atoms with Gasteiger partial charge in [0.2, 0.25) is 0 Å². The minimum absolute atomic E-state index is 0.130. The van der Waals surface area contributed by atoms with Gasteiger partial charge in [-0.1, -0.05) is 0 Å². The Morgan fingerprint density at radius 1 is 1.43 bits per heavy atom. The summed E-state index contributed by atoms with van der Waals surface area (Å²) in [4.78, 5) is 4.88. The molecule has 0 unspecified atom stereocenters. The summed E-state index contributed by atoms with van der Waals surface area (Å²) in [7, 11) is 4.97. The van der Waals surface area contributed by atoms with Crippen LogP contribution in [0.5, 0.6) is 0 Å². The number of hydrogen-bond donors (Lipinski definition) is 1. The van der Waals surface area contributed by atoms with Gasteiger partial charge in [0.15, 0.2) is 0 Å². The molecule has 0 rings (SSSR count). The van der Waals surface area contributed by atoms with Gasteiger partial charge in [0, 0.05) is 0 Å². The van der Waals surface area contributed by atoms with Crippen molar-refractivity contribution in [2.75, 3.05) is 0 Å². The zero-order valence-electron chi connectivity index (χ0n) is 5.06. The number of rotatable bonds is 1. The van der Waals surface area contributed by atoms with Crippen LogP contribution in [0.3, 0.4) is 0 Å². The molecule has 3 radical (unpaired) electrons. The summed E-state index contributed by atoms with van der Waals surface area (Å²) in [6.07, 6.45) is 0. The second kappa shape index (κ2) is 2.33. The second-order valence-electron chi connectivity index (χ2n) is 2.37. The summed E-state index contributed by atoms with van der Waals surface area (Å²) in [6, 6.07) is 0. The largest absolute Gasteiger partial charge is 0.461 e. The van der Waals surface area contributed by atoms with Crippen molar-refractivity contribution in [3.8, 4) is 0 Å². The van der Waals surface area contributed by atoms with E-state index < -0.39 is 0 Å². The first-order valence-electron chi connectivity index (χ1n) is 2.27. The molecule has 0 heterocycles. The van der Waals surface area contributed by atoms with Crippen molar-refractivity contribution < 1.29 is 10.2 Å². The van der Waals surface area contributed by atoms with Gasteiger partial charge in [0.05, 0.1) is 0 Å². The highest BCUT2D eigenvalue weighted by molar-refractivity contribution is 5.93. The van der Waals surface area contributed by atoms with Crippen molar-refractivity contribution in [2.45, 2.75) is 26.4 Å². The average Bonchev–Trinajstić information content (AvgIpc) is 1.30. The van der Waals surface area contributed by atoms with E-state index in [0.29, 0.717) is 0 Å². The number of hydrogen-bond acceptors (Lipinski definition) is 1. The van der Waals surface area contributed by atoms with Gasteiger partial charge >= 0.3 is 0 Å². The molecule has 0 saturated carbocycles. The Balaban J connectivity index is 3.15. The van der Waals surface area contributed by atoms with Gasteiger partial charge < -0.3 is 5.39 Å². The third-order valence-electron chi connectivity index (χ3n) is 0.422. The molecule has 3 heteroatoms. The fourth-order valence-corrected chi connectivity index (χ4v) is 0.204. The zero-order chi connectivity index (χ0) is 5.91. The monoisotopic (exact) mass is 100 g/mol. The van der Waals surface area contributed by atoms with Gasteiger partial charge in [-0.15, -0.1) is 0 Å². The fraction of sp³-hybridized carbons (Fsp3) is 1.00. The third-order valence-corrected chi connectivity index (χ3v) is 0.422. The van der Waals surface area contributed by atoms with E-state index in [-0.39, 0.29) is 5.60 Å². The molecular formula is C4H11BNO. The van der Waals surface area contributed by atoms with E-state index in [2.05, 4.69) is 0 Å². The molecule has 0 saturated heterocycles.